The Morgan fingerprint density at radius 1 is 1.29 bits per heavy atom. The molecule has 2 aromatic carbocycles. The number of anilines is 2. The van der Waals surface area contributed by atoms with E-state index in [1.807, 2.05) is 13.0 Å². The molecule has 0 aliphatic heterocycles. The van der Waals surface area contributed by atoms with Crippen LogP contribution >= 0.6 is 33.9 Å². The van der Waals surface area contributed by atoms with E-state index in [-0.39, 0.29) is 18.0 Å². The van der Waals surface area contributed by atoms with Gasteiger partial charge in [-0.25, -0.2) is 10.4 Å². The number of hydrazone groups is 1. The third kappa shape index (κ3) is 7.06. The molecular weight excluding hydrogens is 584 g/mol. The Morgan fingerprint density at radius 2 is 2.09 bits per heavy atom. The maximum absolute atomic E-state index is 12.9. The van der Waals surface area contributed by atoms with Gasteiger partial charge in [0.25, 0.3) is 0 Å². The van der Waals surface area contributed by atoms with Crippen molar-refractivity contribution in [1.82, 2.24) is 10.4 Å². The molecule has 0 aliphatic carbocycles. The predicted octanol–water partition coefficient (Wildman–Crippen LogP) is 5.61. The van der Waals surface area contributed by atoms with Crippen molar-refractivity contribution < 1.29 is 27.4 Å². The summed E-state index contributed by atoms with van der Waals surface area (Å²) in [5.41, 5.74) is 3.11. The summed E-state index contributed by atoms with van der Waals surface area (Å²) in [5, 5.41) is 8.82. The van der Waals surface area contributed by atoms with Crippen LogP contribution in [0.1, 0.15) is 23.7 Å². The van der Waals surface area contributed by atoms with Crippen molar-refractivity contribution in [2.75, 3.05) is 19.0 Å². The maximum atomic E-state index is 12.9. The second-order valence-electron chi connectivity index (χ2n) is 6.78. The summed E-state index contributed by atoms with van der Waals surface area (Å²) in [6, 6.07) is 8.40. The molecule has 0 radical (unpaired) electrons. The predicted molar refractivity (Wildman–Crippen MR) is 133 cm³/mol. The number of rotatable bonds is 9. The minimum atomic E-state index is -4.43. The second kappa shape index (κ2) is 11.5. The first-order chi connectivity index (χ1) is 16.2. The lowest BCUT2D eigenvalue weighted by molar-refractivity contribution is -0.137. The van der Waals surface area contributed by atoms with E-state index in [0.29, 0.717) is 34.5 Å². The molecule has 1 amide bonds. The van der Waals surface area contributed by atoms with Gasteiger partial charge in [0.05, 0.1) is 41.2 Å². The fraction of sp³-hybridized carbons (Fsp3) is 0.227. The second-order valence-corrected chi connectivity index (χ2v) is 8.80. The molecule has 0 aliphatic rings. The number of carbonyl (C=O) groups is 1. The zero-order chi connectivity index (χ0) is 24.7. The van der Waals surface area contributed by atoms with E-state index in [2.05, 4.69) is 43.4 Å². The number of aromatic nitrogens is 1. The lowest BCUT2D eigenvalue weighted by Gasteiger charge is -2.12. The number of methoxy groups -OCH3 is 1. The van der Waals surface area contributed by atoms with Crippen molar-refractivity contribution in [3.8, 4) is 11.5 Å². The van der Waals surface area contributed by atoms with Gasteiger partial charge in [0.15, 0.2) is 16.6 Å². The fourth-order valence-electron chi connectivity index (χ4n) is 2.82. The van der Waals surface area contributed by atoms with Crippen LogP contribution in [0.25, 0.3) is 0 Å². The average molecular weight is 604 g/mol. The van der Waals surface area contributed by atoms with Crippen molar-refractivity contribution in [2.45, 2.75) is 19.5 Å². The molecule has 7 nitrogen and oxygen atoms in total. The molecule has 34 heavy (non-hydrogen) atoms. The summed E-state index contributed by atoms with van der Waals surface area (Å²) in [6.07, 6.45) is -2.98. The number of benzene rings is 2. The number of hydrogen-bond donors (Lipinski definition) is 2. The van der Waals surface area contributed by atoms with Crippen molar-refractivity contribution in [2.24, 2.45) is 5.10 Å². The summed E-state index contributed by atoms with van der Waals surface area (Å²) >= 11 is 3.31. The van der Waals surface area contributed by atoms with Crippen LogP contribution in [0.3, 0.4) is 0 Å². The van der Waals surface area contributed by atoms with Gasteiger partial charge in [-0.3, -0.25) is 4.79 Å². The molecule has 2 N–H and O–H groups in total. The summed E-state index contributed by atoms with van der Waals surface area (Å²) in [5.74, 6) is 0.814. The van der Waals surface area contributed by atoms with Crippen LogP contribution in [-0.2, 0) is 17.4 Å². The number of amides is 1. The zero-order valence-electron chi connectivity index (χ0n) is 18.1. The topological polar surface area (TPSA) is 84.8 Å². The average Bonchev–Trinajstić information content (AvgIpc) is 3.21. The SMILES string of the molecule is CCOc1c(I)cc(/C=N\NC(=O)Cc2csc(Nc3cccc(C(F)(F)F)c3)n2)cc1OC. The molecule has 0 bridgehead atoms. The quantitative estimate of drug-likeness (QED) is 0.189. The standard InChI is InChI=1S/C22H20F3IN4O3S/c1-3-33-20-17(26)7-13(8-18(20)32-2)11-27-30-19(31)10-16-12-34-21(29-16)28-15-6-4-5-14(9-15)22(23,24)25/h4-9,11-12H,3,10H2,1-2H3,(H,28,29)(H,30,31)/b27-11-. The van der Waals surface area contributed by atoms with Gasteiger partial charge in [-0.2, -0.15) is 18.3 Å². The van der Waals surface area contributed by atoms with Gasteiger partial charge in [-0.05, 0) is 65.4 Å². The van der Waals surface area contributed by atoms with Gasteiger partial charge < -0.3 is 14.8 Å². The smallest absolute Gasteiger partial charge is 0.416 e. The Balaban J connectivity index is 1.57. The molecule has 0 fully saturated rings. The Labute approximate surface area is 211 Å². The van der Waals surface area contributed by atoms with Gasteiger partial charge in [-0.15, -0.1) is 11.3 Å². The highest BCUT2D eigenvalue weighted by atomic mass is 127. The molecule has 12 heteroatoms. The van der Waals surface area contributed by atoms with Crippen LogP contribution in [0, 0.1) is 3.57 Å². The van der Waals surface area contributed by atoms with Gasteiger partial charge in [0.1, 0.15) is 0 Å². The summed E-state index contributed by atoms with van der Waals surface area (Å²) in [6.45, 7) is 2.39. The number of ether oxygens (including phenoxy) is 2. The highest BCUT2D eigenvalue weighted by Gasteiger charge is 2.30. The van der Waals surface area contributed by atoms with Crippen LogP contribution in [0.2, 0.25) is 0 Å². The minimum Gasteiger partial charge on any atom is -0.493 e. The molecule has 1 heterocycles. The van der Waals surface area contributed by atoms with E-state index >= 15 is 0 Å². The molecule has 0 spiro atoms. The fourth-order valence-corrected chi connectivity index (χ4v) is 4.34. The first kappa shape index (κ1) is 25.7. The Morgan fingerprint density at radius 3 is 2.79 bits per heavy atom. The molecular formula is C22H20F3IN4O3S. The van der Waals surface area contributed by atoms with Crippen molar-refractivity contribution in [3.05, 3.63) is 62.2 Å². The van der Waals surface area contributed by atoms with Gasteiger partial charge >= 0.3 is 6.18 Å². The largest absolute Gasteiger partial charge is 0.493 e. The van der Waals surface area contributed by atoms with Crippen LogP contribution in [0.5, 0.6) is 11.5 Å². The molecule has 0 atom stereocenters. The number of halogens is 4. The zero-order valence-corrected chi connectivity index (χ0v) is 21.0. The normalized spacial score (nSPS) is 11.5. The van der Waals surface area contributed by atoms with Crippen LogP contribution in [0.4, 0.5) is 24.0 Å². The van der Waals surface area contributed by atoms with Gasteiger partial charge in [0, 0.05) is 11.1 Å². The number of alkyl halides is 3. The molecule has 180 valence electrons. The molecule has 0 unspecified atom stereocenters. The lowest BCUT2D eigenvalue weighted by atomic mass is 10.2. The number of nitrogens with one attached hydrogen (secondary N) is 2. The molecule has 1 aromatic heterocycles. The summed E-state index contributed by atoms with van der Waals surface area (Å²) < 4.78 is 50.3. The monoisotopic (exact) mass is 604 g/mol. The van der Waals surface area contributed by atoms with Crippen molar-refractivity contribution in [3.63, 3.8) is 0 Å². The Bertz CT molecular complexity index is 1180. The maximum Gasteiger partial charge on any atom is 0.416 e. The molecule has 0 saturated heterocycles. The van der Waals surface area contributed by atoms with E-state index < -0.39 is 11.7 Å². The van der Waals surface area contributed by atoms with Crippen molar-refractivity contribution in [1.29, 1.82) is 0 Å². The van der Waals surface area contributed by atoms with Crippen molar-refractivity contribution >= 4 is 56.9 Å². The summed E-state index contributed by atoms with van der Waals surface area (Å²) in [4.78, 5) is 16.4. The summed E-state index contributed by atoms with van der Waals surface area (Å²) in [7, 11) is 1.54. The van der Waals surface area contributed by atoms with Crippen LogP contribution in [0.15, 0.2) is 46.9 Å². The number of hydrogen-bond acceptors (Lipinski definition) is 7. The Hall–Kier alpha value is -2.87. The van der Waals surface area contributed by atoms with E-state index in [0.717, 1.165) is 15.7 Å². The molecule has 3 aromatic rings. The van der Waals surface area contributed by atoms with E-state index in [4.69, 9.17) is 9.47 Å². The third-order valence-electron chi connectivity index (χ3n) is 4.28. The number of nitrogens with zero attached hydrogens (tertiary/aromatic N) is 2. The van der Waals surface area contributed by atoms with E-state index in [1.165, 1.54) is 29.7 Å². The molecule has 0 saturated carbocycles. The van der Waals surface area contributed by atoms with Crippen LogP contribution < -0.4 is 20.2 Å². The molecule has 3 rings (SSSR count). The number of thiazole rings is 1. The van der Waals surface area contributed by atoms with E-state index in [1.54, 1.807) is 18.6 Å². The minimum absolute atomic E-state index is 0.0394. The first-order valence-corrected chi connectivity index (χ1v) is 11.9. The highest BCUT2D eigenvalue weighted by Crippen LogP contribution is 2.34. The van der Waals surface area contributed by atoms with Gasteiger partial charge in [0.2, 0.25) is 5.91 Å². The van der Waals surface area contributed by atoms with Crippen LogP contribution in [-0.4, -0.2) is 30.8 Å². The first-order valence-electron chi connectivity index (χ1n) is 9.90. The van der Waals surface area contributed by atoms with Gasteiger partial charge in [-0.1, -0.05) is 6.07 Å². The number of carbonyl (C=O) groups excluding carboxylic acids is 1. The third-order valence-corrected chi connectivity index (χ3v) is 5.89. The lowest BCUT2D eigenvalue weighted by Crippen LogP contribution is -2.20. The Kier molecular flexibility index (Phi) is 8.72. The van der Waals surface area contributed by atoms with E-state index in [9.17, 15) is 18.0 Å². The highest BCUT2D eigenvalue weighted by molar-refractivity contribution is 14.1.